The molecule has 0 bridgehead atoms. The standard InChI is InChI=1S/C21H21N3O5/c1-23-15(11-12-22-23)14-29-18-10-5-4-9-17(18)24-13-7-6-8-16(20(25)27-2)19(24)21(26)28-3/h4-13H,14H2,1-3H3. The molecule has 0 aliphatic carbocycles. The van der Waals surface area contributed by atoms with E-state index in [4.69, 9.17) is 14.2 Å². The maximum Gasteiger partial charge on any atom is 0.355 e. The van der Waals surface area contributed by atoms with Crippen LogP contribution in [0, 0.1) is 0 Å². The fraction of sp³-hybridized carbons (Fsp3) is 0.190. The molecule has 2 aromatic rings. The summed E-state index contributed by atoms with van der Waals surface area (Å²) in [6.07, 6.45) is 8.21. The van der Waals surface area contributed by atoms with Gasteiger partial charge >= 0.3 is 11.9 Å². The maximum absolute atomic E-state index is 12.6. The van der Waals surface area contributed by atoms with Crippen molar-refractivity contribution < 1.29 is 23.8 Å². The van der Waals surface area contributed by atoms with Gasteiger partial charge in [0.05, 0.1) is 31.2 Å². The average Bonchev–Trinajstić information content (AvgIpc) is 3.03. The van der Waals surface area contributed by atoms with Gasteiger partial charge in [-0.05, 0) is 30.4 Å². The lowest BCUT2D eigenvalue weighted by atomic mass is 10.1. The molecule has 0 fully saturated rings. The Balaban J connectivity index is 2.04. The van der Waals surface area contributed by atoms with Crippen molar-refractivity contribution in [1.29, 1.82) is 0 Å². The van der Waals surface area contributed by atoms with Gasteiger partial charge in [0.2, 0.25) is 0 Å². The fourth-order valence-corrected chi connectivity index (χ4v) is 2.82. The average molecular weight is 395 g/mol. The molecule has 0 unspecified atom stereocenters. The Morgan fingerprint density at radius 2 is 1.79 bits per heavy atom. The fourth-order valence-electron chi connectivity index (χ4n) is 2.82. The largest absolute Gasteiger partial charge is 0.485 e. The number of hydrogen-bond acceptors (Lipinski definition) is 7. The van der Waals surface area contributed by atoms with Crippen LogP contribution in [0.4, 0.5) is 5.69 Å². The van der Waals surface area contributed by atoms with Crippen molar-refractivity contribution >= 4 is 17.6 Å². The van der Waals surface area contributed by atoms with E-state index in [-0.39, 0.29) is 17.9 Å². The molecule has 0 atom stereocenters. The monoisotopic (exact) mass is 395 g/mol. The summed E-state index contributed by atoms with van der Waals surface area (Å²) in [5, 5.41) is 4.13. The van der Waals surface area contributed by atoms with E-state index >= 15 is 0 Å². The summed E-state index contributed by atoms with van der Waals surface area (Å²) in [7, 11) is 4.34. The quantitative estimate of drug-likeness (QED) is 0.695. The van der Waals surface area contributed by atoms with Gasteiger partial charge in [-0.15, -0.1) is 0 Å². The van der Waals surface area contributed by atoms with Gasteiger partial charge in [0.15, 0.2) is 0 Å². The highest BCUT2D eigenvalue weighted by molar-refractivity contribution is 6.05. The molecule has 1 aromatic carbocycles. The second-order valence-corrected chi connectivity index (χ2v) is 6.02. The van der Waals surface area contributed by atoms with Crippen LogP contribution >= 0.6 is 0 Å². The van der Waals surface area contributed by atoms with Crippen molar-refractivity contribution in [3.05, 3.63) is 77.9 Å². The van der Waals surface area contributed by atoms with Crippen molar-refractivity contribution in [2.24, 2.45) is 7.05 Å². The SMILES string of the molecule is COC(=O)C1=C(C(=O)OC)N(c2ccccc2OCc2ccnn2C)C=CC=C1. The summed E-state index contributed by atoms with van der Waals surface area (Å²) < 4.78 is 17.5. The second-order valence-electron chi connectivity index (χ2n) is 6.02. The van der Waals surface area contributed by atoms with Crippen molar-refractivity contribution in [3.8, 4) is 5.75 Å². The molecule has 1 aliphatic heterocycles. The number of nitrogens with zero attached hydrogens (tertiary/aromatic N) is 3. The molecule has 0 radical (unpaired) electrons. The molecule has 8 nitrogen and oxygen atoms in total. The van der Waals surface area contributed by atoms with Gasteiger partial charge in [-0.3, -0.25) is 4.68 Å². The molecule has 0 saturated carbocycles. The molecular formula is C21H21N3O5. The third kappa shape index (κ3) is 4.21. The van der Waals surface area contributed by atoms with Gasteiger partial charge in [0, 0.05) is 19.4 Å². The number of carbonyl (C=O) groups is 2. The Morgan fingerprint density at radius 3 is 2.48 bits per heavy atom. The first-order chi connectivity index (χ1) is 14.1. The Kier molecular flexibility index (Phi) is 6.13. The number of methoxy groups -OCH3 is 2. The molecule has 2 heterocycles. The van der Waals surface area contributed by atoms with Crippen molar-refractivity contribution in [1.82, 2.24) is 9.78 Å². The number of aromatic nitrogens is 2. The molecular weight excluding hydrogens is 374 g/mol. The second kappa shape index (κ2) is 8.92. The number of esters is 2. The van der Waals surface area contributed by atoms with Crippen molar-refractivity contribution in [3.63, 3.8) is 0 Å². The molecule has 3 rings (SSSR count). The number of carbonyl (C=O) groups excluding carboxylic acids is 2. The van der Waals surface area contributed by atoms with Crippen molar-refractivity contribution in [2.75, 3.05) is 19.1 Å². The third-order valence-corrected chi connectivity index (χ3v) is 4.31. The maximum atomic E-state index is 12.6. The van der Waals surface area contributed by atoms with Crippen molar-refractivity contribution in [2.45, 2.75) is 6.61 Å². The predicted octanol–water partition coefficient (Wildman–Crippen LogP) is 2.49. The highest BCUT2D eigenvalue weighted by Crippen LogP contribution is 2.34. The van der Waals surface area contributed by atoms with Gasteiger partial charge in [-0.2, -0.15) is 5.10 Å². The van der Waals surface area contributed by atoms with Crippen LogP contribution in [0.25, 0.3) is 0 Å². The zero-order valence-electron chi connectivity index (χ0n) is 16.4. The van der Waals surface area contributed by atoms with E-state index in [2.05, 4.69) is 5.10 Å². The van der Waals surface area contributed by atoms with Gasteiger partial charge < -0.3 is 19.1 Å². The van der Waals surface area contributed by atoms with Crippen LogP contribution in [-0.4, -0.2) is 35.9 Å². The summed E-state index contributed by atoms with van der Waals surface area (Å²) in [5.41, 5.74) is 1.55. The number of hydrogen-bond donors (Lipinski definition) is 0. The van der Waals surface area contributed by atoms with E-state index in [1.807, 2.05) is 25.2 Å². The Bertz CT molecular complexity index is 1000. The minimum absolute atomic E-state index is 0.0286. The summed E-state index contributed by atoms with van der Waals surface area (Å²) >= 11 is 0. The van der Waals surface area contributed by atoms with Gasteiger partial charge in [0.1, 0.15) is 18.1 Å². The van der Waals surface area contributed by atoms with Crippen LogP contribution in [0.1, 0.15) is 5.69 Å². The van der Waals surface area contributed by atoms with Crippen LogP contribution < -0.4 is 9.64 Å². The zero-order valence-corrected chi connectivity index (χ0v) is 16.4. The Labute approximate surface area is 168 Å². The van der Waals surface area contributed by atoms with Gasteiger partial charge in [0.25, 0.3) is 0 Å². The number of anilines is 1. The number of rotatable bonds is 6. The van der Waals surface area contributed by atoms with Gasteiger partial charge in [-0.25, -0.2) is 9.59 Å². The molecule has 8 heteroatoms. The van der Waals surface area contributed by atoms with Crippen LogP contribution in [-0.2, 0) is 32.7 Å². The zero-order chi connectivity index (χ0) is 20.8. The van der Waals surface area contributed by atoms with E-state index < -0.39 is 11.9 Å². The molecule has 1 aromatic heterocycles. The van der Waals surface area contributed by atoms with Gasteiger partial charge in [-0.1, -0.05) is 18.2 Å². The number of ether oxygens (including phenoxy) is 3. The van der Waals surface area contributed by atoms with E-state index in [1.165, 1.54) is 20.3 Å². The molecule has 1 aliphatic rings. The molecule has 0 N–H and O–H groups in total. The predicted molar refractivity (Wildman–Crippen MR) is 106 cm³/mol. The minimum atomic E-state index is -0.678. The molecule has 150 valence electrons. The highest BCUT2D eigenvalue weighted by atomic mass is 16.5. The smallest absolute Gasteiger partial charge is 0.355 e. The highest BCUT2D eigenvalue weighted by Gasteiger charge is 2.28. The molecule has 29 heavy (non-hydrogen) atoms. The number of para-hydroxylation sites is 2. The lowest BCUT2D eigenvalue weighted by Gasteiger charge is -2.25. The van der Waals surface area contributed by atoms with E-state index in [0.29, 0.717) is 11.4 Å². The first kappa shape index (κ1) is 19.9. The van der Waals surface area contributed by atoms with E-state index in [1.54, 1.807) is 46.3 Å². The van der Waals surface area contributed by atoms with Crippen LogP contribution in [0.15, 0.2) is 72.2 Å². The Hall–Kier alpha value is -3.81. The van der Waals surface area contributed by atoms with Crippen LogP contribution in [0.2, 0.25) is 0 Å². The third-order valence-electron chi connectivity index (χ3n) is 4.31. The molecule has 0 amide bonds. The van der Waals surface area contributed by atoms with E-state index in [9.17, 15) is 9.59 Å². The molecule has 0 saturated heterocycles. The lowest BCUT2D eigenvalue weighted by Crippen LogP contribution is -2.27. The summed E-state index contributed by atoms with van der Waals surface area (Å²) in [4.78, 5) is 26.4. The summed E-state index contributed by atoms with van der Waals surface area (Å²) in [6, 6.07) is 9.06. The first-order valence-electron chi connectivity index (χ1n) is 8.80. The number of benzene rings is 1. The van der Waals surface area contributed by atoms with Crippen LogP contribution in [0.5, 0.6) is 5.75 Å². The topological polar surface area (TPSA) is 82.9 Å². The number of aryl methyl sites for hydroxylation is 1. The van der Waals surface area contributed by atoms with E-state index in [0.717, 1.165) is 5.69 Å². The first-order valence-corrected chi connectivity index (χ1v) is 8.80. The number of allylic oxidation sites excluding steroid dienone is 2. The van der Waals surface area contributed by atoms with Crippen LogP contribution in [0.3, 0.4) is 0 Å². The Morgan fingerprint density at radius 1 is 1.03 bits per heavy atom. The normalized spacial score (nSPS) is 13.3. The summed E-state index contributed by atoms with van der Waals surface area (Å²) in [5.74, 6) is -0.808. The minimum Gasteiger partial charge on any atom is -0.485 e. The summed E-state index contributed by atoms with van der Waals surface area (Å²) in [6.45, 7) is 0.282. The lowest BCUT2D eigenvalue weighted by molar-refractivity contribution is -0.139. The molecule has 0 spiro atoms.